The van der Waals surface area contributed by atoms with Crippen molar-refractivity contribution in [3.05, 3.63) is 28.2 Å². The number of ether oxygens (including phenoxy) is 1. The maximum absolute atomic E-state index is 11.5. The number of nitrogens with one attached hydrogen (secondary N) is 1. The van der Waals surface area contributed by atoms with Crippen molar-refractivity contribution in [3.8, 4) is 5.75 Å². The van der Waals surface area contributed by atoms with Gasteiger partial charge < -0.3 is 10.1 Å². The SMILES string of the molecule is O=Cc1cc(Br)ccc1OCC(=O)NCC1CC1. The van der Waals surface area contributed by atoms with Crippen LogP contribution in [0.3, 0.4) is 0 Å². The van der Waals surface area contributed by atoms with Crippen molar-refractivity contribution >= 4 is 28.1 Å². The van der Waals surface area contributed by atoms with Crippen LogP contribution in [0.2, 0.25) is 0 Å². The molecule has 2 rings (SSSR count). The Bertz CT molecular complexity index is 458. The molecule has 1 fully saturated rings. The Morgan fingerprint density at radius 2 is 2.28 bits per heavy atom. The predicted octanol–water partition coefficient (Wildman–Crippen LogP) is 2.17. The van der Waals surface area contributed by atoms with Gasteiger partial charge in [-0.2, -0.15) is 0 Å². The maximum atomic E-state index is 11.5. The van der Waals surface area contributed by atoms with Crippen LogP contribution in [0.5, 0.6) is 5.75 Å². The van der Waals surface area contributed by atoms with Crippen LogP contribution in [-0.2, 0) is 4.79 Å². The average Bonchev–Trinajstić information content (AvgIpc) is 3.18. The molecule has 0 radical (unpaired) electrons. The first-order chi connectivity index (χ1) is 8.69. The van der Waals surface area contributed by atoms with Crippen molar-refractivity contribution in [2.45, 2.75) is 12.8 Å². The van der Waals surface area contributed by atoms with Gasteiger partial charge in [0.25, 0.3) is 5.91 Å². The number of carbonyl (C=O) groups excluding carboxylic acids is 2. The molecule has 0 unspecified atom stereocenters. The van der Waals surface area contributed by atoms with Gasteiger partial charge in [0.15, 0.2) is 12.9 Å². The van der Waals surface area contributed by atoms with Gasteiger partial charge in [0, 0.05) is 11.0 Å². The zero-order valence-corrected chi connectivity index (χ0v) is 11.4. The molecule has 5 heteroatoms. The molecular formula is C13H14BrNO3. The minimum Gasteiger partial charge on any atom is -0.483 e. The van der Waals surface area contributed by atoms with Gasteiger partial charge in [-0.15, -0.1) is 0 Å². The first-order valence-electron chi connectivity index (χ1n) is 5.83. The number of aldehydes is 1. The van der Waals surface area contributed by atoms with E-state index in [1.54, 1.807) is 18.2 Å². The van der Waals surface area contributed by atoms with E-state index in [0.717, 1.165) is 11.0 Å². The highest BCUT2D eigenvalue weighted by atomic mass is 79.9. The van der Waals surface area contributed by atoms with Gasteiger partial charge in [0.05, 0.1) is 5.56 Å². The number of hydrogen-bond donors (Lipinski definition) is 1. The Morgan fingerprint density at radius 3 is 2.94 bits per heavy atom. The lowest BCUT2D eigenvalue weighted by Gasteiger charge is -2.09. The Labute approximate surface area is 114 Å². The molecule has 0 atom stereocenters. The second kappa shape index (κ2) is 6.00. The third-order valence-corrected chi connectivity index (χ3v) is 3.24. The maximum Gasteiger partial charge on any atom is 0.257 e. The highest BCUT2D eigenvalue weighted by Crippen LogP contribution is 2.27. The van der Waals surface area contributed by atoms with E-state index in [1.165, 1.54) is 12.8 Å². The van der Waals surface area contributed by atoms with E-state index in [9.17, 15) is 9.59 Å². The third-order valence-electron chi connectivity index (χ3n) is 2.74. The summed E-state index contributed by atoms with van der Waals surface area (Å²) in [4.78, 5) is 22.3. The highest BCUT2D eigenvalue weighted by Gasteiger charge is 2.21. The first kappa shape index (κ1) is 13.1. The van der Waals surface area contributed by atoms with Crippen LogP contribution in [0, 0.1) is 5.92 Å². The summed E-state index contributed by atoms with van der Waals surface area (Å²) in [6, 6.07) is 5.09. The van der Waals surface area contributed by atoms with E-state index in [-0.39, 0.29) is 12.5 Å². The fourth-order valence-electron chi connectivity index (χ4n) is 1.52. The molecule has 1 aromatic carbocycles. The van der Waals surface area contributed by atoms with Gasteiger partial charge in [-0.25, -0.2) is 0 Å². The number of halogens is 1. The monoisotopic (exact) mass is 311 g/mol. The molecule has 0 aromatic heterocycles. The summed E-state index contributed by atoms with van der Waals surface area (Å²) in [7, 11) is 0. The molecule has 0 spiro atoms. The van der Waals surface area contributed by atoms with Gasteiger partial charge in [0.2, 0.25) is 0 Å². The van der Waals surface area contributed by atoms with Crippen molar-refractivity contribution in [1.29, 1.82) is 0 Å². The van der Waals surface area contributed by atoms with Crippen LogP contribution in [0.1, 0.15) is 23.2 Å². The summed E-state index contributed by atoms with van der Waals surface area (Å²) in [5.74, 6) is 0.920. The standard InChI is InChI=1S/C13H14BrNO3/c14-11-3-4-12(10(5-11)7-16)18-8-13(17)15-6-9-1-2-9/h3-5,7,9H,1-2,6,8H2,(H,15,17). The fraction of sp³-hybridized carbons (Fsp3) is 0.385. The van der Waals surface area contributed by atoms with Gasteiger partial charge >= 0.3 is 0 Å². The minimum absolute atomic E-state index is 0.0603. The highest BCUT2D eigenvalue weighted by molar-refractivity contribution is 9.10. The van der Waals surface area contributed by atoms with E-state index >= 15 is 0 Å². The van der Waals surface area contributed by atoms with Gasteiger partial charge in [-0.3, -0.25) is 9.59 Å². The summed E-state index contributed by atoms with van der Waals surface area (Å²) < 4.78 is 6.13. The topological polar surface area (TPSA) is 55.4 Å². The van der Waals surface area contributed by atoms with Crippen molar-refractivity contribution < 1.29 is 14.3 Å². The average molecular weight is 312 g/mol. The Morgan fingerprint density at radius 1 is 1.50 bits per heavy atom. The predicted molar refractivity (Wildman–Crippen MR) is 70.8 cm³/mol. The molecule has 0 saturated heterocycles. The number of carbonyl (C=O) groups is 2. The Kier molecular flexibility index (Phi) is 4.36. The second-order valence-corrected chi connectivity index (χ2v) is 5.25. The molecule has 1 aliphatic rings. The molecule has 1 aromatic rings. The number of amides is 1. The van der Waals surface area contributed by atoms with Crippen LogP contribution in [0.25, 0.3) is 0 Å². The molecule has 1 N–H and O–H groups in total. The summed E-state index contributed by atoms with van der Waals surface area (Å²) in [6.07, 6.45) is 3.11. The zero-order chi connectivity index (χ0) is 13.0. The van der Waals surface area contributed by atoms with Crippen molar-refractivity contribution in [2.24, 2.45) is 5.92 Å². The molecule has 1 amide bonds. The summed E-state index contributed by atoms with van der Waals surface area (Å²) in [5, 5.41) is 2.80. The van der Waals surface area contributed by atoms with E-state index in [2.05, 4.69) is 21.2 Å². The molecule has 0 bridgehead atoms. The van der Waals surface area contributed by atoms with Gasteiger partial charge in [-0.1, -0.05) is 15.9 Å². The lowest BCUT2D eigenvalue weighted by atomic mass is 10.2. The van der Waals surface area contributed by atoms with Gasteiger partial charge in [0.1, 0.15) is 5.75 Å². The molecule has 1 aliphatic carbocycles. The van der Waals surface area contributed by atoms with E-state index < -0.39 is 0 Å². The Hall–Kier alpha value is -1.36. The largest absolute Gasteiger partial charge is 0.483 e. The quantitative estimate of drug-likeness (QED) is 0.819. The Balaban J connectivity index is 1.84. The van der Waals surface area contributed by atoms with Crippen molar-refractivity contribution in [3.63, 3.8) is 0 Å². The molecular weight excluding hydrogens is 298 g/mol. The van der Waals surface area contributed by atoms with Crippen LogP contribution < -0.4 is 10.1 Å². The molecule has 4 nitrogen and oxygen atoms in total. The number of rotatable bonds is 6. The van der Waals surface area contributed by atoms with Crippen molar-refractivity contribution in [1.82, 2.24) is 5.32 Å². The molecule has 0 heterocycles. The van der Waals surface area contributed by atoms with Crippen LogP contribution in [0.15, 0.2) is 22.7 Å². The van der Waals surface area contributed by atoms with Crippen LogP contribution in [0.4, 0.5) is 0 Å². The molecule has 0 aliphatic heterocycles. The molecule has 18 heavy (non-hydrogen) atoms. The fourth-order valence-corrected chi connectivity index (χ4v) is 1.90. The van der Waals surface area contributed by atoms with E-state index in [1.807, 2.05) is 0 Å². The number of benzene rings is 1. The van der Waals surface area contributed by atoms with Crippen LogP contribution in [-0.4, -0.2) is 25.3 Å². The number of hydrogen-bond acceptors (Lipinski definition) is 3. The zero-order valence-electron chi connectivity index (χ0n) is 9.82. The van der Waals surface area contributed by atoms with E-state index in [0.29, 0.717) is 23.5 Å². The summed E-state index contributed by atoms with van der Waals surface area (Å²) >= 11 is 3.27. The minimum atomic E-state index is -0.151. The van der Waals surface area contributed by atoms with Crippen LogP contribution >= 0.6 is 15.9 Å². The first-order valence-corrected chi connectivity index (χ1v) is 6.62. The summed E-state index contributed by atoms with van der Waals surface area (Å²) in [6.45, 7) is 0.665. The normalized spacial score (nSPS) is 14.1. The second-order valence-electron chi connectivity index (χ2n) is 4.34. The molecule has 1 saturated carbocycles. The van der Waals surface area contributed by atoms with Gasteiger partial charge in [-0.05, 0) is 37.0 Å². The summed E-state index contributed by atoms with van der Waals surface area (Å²) in [5.41, 5.74) is 0.430. The lowest BCUT2D eigenvalue weighted by Crippen LogP contribution is -2.30. The van der Waals surface area contributed by atoms with Crippen molar-refractivity contribution in [2.75, 3.05) is 13.2 Å². The lowest BCUT2D eigenvalue weighted by molar-refractivity contribution is -0.123. The third kappa shape index (κ3) is 3.84. The van der Waals surface area contributed by atoms with E-state index in [4.69, 9.17) is 4.74 Å². The molecule has 96 valence electrons. The smallest absolute Gasteiger partial charge is 0.257 e.